The highest BCUT2D eigenvalue weighted by molar-refractivity contribution is 7.92. The largest absolute Gasteiger partial charge is 0.298 e. The number of amides is 1. The van der Waals surface area contributed by atoms with Gasteiger partial charge in [-0.25, -0.2) is 13.4 Å². The third-order valence-electron chi connectivity index (χ3n) is 4.30. The molecule has 31 heavy (non-hydrogen) atoms. The number of carbonyl (C=O) groups is 1. The molecule has 2 N–H and O–H groups in total. The number of carbonyl (C=O) groups excluding carboxylic acids is 1. The van der Waals surface area contributed by atoms with Crippen LogP contribution in [0.4, 0.5) is 10.8 Å². The molecule has 0 bridgehead atoms. The standard InChI is InChI=1S/C22H16ClN3O3S2/c23-17-11-9-15(10-12-17)20-14-30-22(24-20)25-21(27)16-5-4-6-18(13-16)26-31(28,29)19-7-2-1-3-8-19/h1-14,26H,(H,24,25,27). The van der Waals surface area contributed by atoms with E-state index in [0.29, 0.717) is 15.7 Å². The molecule has 156 valence electrons. The minimum Gasteiger partial charge on any atom is -0.298 e. The van der Waals surface area contributed by atoms with Crippen LogP contribution in [0.15, 0.2) is 89.1 Å². The van der Waals surface area contributed by atoms with Crippen LogP contribution in [0, 0.1) is 0 Å². The fourth-order valence-corrected chi connectivity index (χ4v) is 4.70. The molecule has 1 aromatic heterocycles. The van der Waals surface area contributed by atoms with Gasteiger partial charge >= 0.3 is 0 Å². The summed E-state index contributed by atoms with van der Waals surface area (Å²) in [5.74, 6) is -0.391. The van der Waals surface area contributed by atoms with Crippen LogP contribution in [0.1, 0.15) is 10.4 Å². The zero-order chi connectivity index (χ0) is 21.8. The Morgan fingerprint density at radius 3 is 2.42 bits per heavy atom. The van der Waals surface area contributed by atoms with Crippen LogP contribution < -0.4 is 10.0 Å². The Kier molecular flexibility index (Phi) is 6.03. The number of hydrogen-bond acceptors (Lipinski definition) is 5. The second-order valence-corrected chi connectivity index (χ2v) is 9.48. The first kappa shape index (κ1) is 21.0. The lowest BCUT2D eigenvalue weighted by atomic mass is 10.2. The molecule has 0 fully saturated rings. The smallest absolute Gasteiger partial charge is 0.261 e. The third-order valence-corrected chi connectivity index (χ3v) is 6.70. The van der Waals surface area contributed by atoms with Crippen LogP contribution in [0.2, 0.25) is 5.02 Å². The van der Waals surface area contributed by atoms with Gasteiger partial charge in [0.05, 0.1) is 10.6 Å². The minimum absolute atomic E-state index is 0.141. The number of anilines is 2. The molecular formula is C22H16ClN3O3S2. The summed E-state index contributed by atoms with van der Waals surface area (Å²) in [5.41, 5.74) is 2.20. The van der Waals surface area contributed by atoms with E-state index >= 15 is 0 Å². The molecular weight excluding hydrogens is 454 g/mol. The lowest BCUT2D eigenvalue weighted by Gasteiger charge is -2.09. The van der Waals surface area contributed by atoms with E-state index in [-0.39, 0.29) is 10.6 Å². The van der Waals surface area contributed by atoms with Gasteiger partial charge in [0.2, 0.25) is 0 Å². The Morgan fingerprint density at radius 1 is 0.935 bits per heavy atom. The van der Waals surface area contributed by atoms with Gasteiger partial charge < -0.3 is 0 Å². The number of nitrogens with zero attached hydrogens (tertiary/aromatic N) is 1. The normalized spacial score (nSPS) is 11.1. The molecule has 0 aliphatic carbocycles. The number of halogens is 1. The SMILES string of the molecule is O=C(Nc1nc(-c2ccc(Cl)cc2)cs1)c1cccc(NS(=O)(=O)c2ccccc2)c1. The molecule has 1 heterocycles. The van der Waals surface area contributed by atoms with Gasteiger partial charge in [0, 0.05) is 27.2 Å². The molecule has 0 atom stereocenters. The maximum absolute atomic E-state index is 12.7. The average Bonchev–Trinajstić information content (AvgIpc) is 3.23. The second kappa shape index (κ2) is 8.89. The topological polar surface area (TPSA) is 88.2 Å². The van der Waals surface area contributed by atoms with E-state index in [1.165, 1.54) is 29.5 Å². The first-order valence-electron chi connectivity index (χ1n) is 9.11. The Hall–Kier alpha value is -3.20. The van der Waals surface area contributed by atoms with Crippen LogP contribution in [-0.4, -0.2) is 19.3 Å². The summed E-state index contributed by atoms with van der Waals surface area (Å²) in [6.45, 7) is 0. The van der Waals surface area contributed by atoms with Gasteiger partial charge in [-0.1, -0.05) is 48.0 Å². The summed E-state index contributed by atoms with van der Waals surface area (Å²) >= 11 is 7.21. The number of aromatic nitrogens is 1. The van der Waals surface area contributed by atoms with Crippen molar-refractivity contribution in [3.63, 3.8) is 0 Å². The fraction of sp³-hybridized carbons (Fsp3) is 0. The Morgan fingerprint density at radius 2 is 1.68 bits per heavy atom. The summed E-state index contributed by atoms with van der Waals surface area (Å²) in [6.07, 6.45) is 0. The summed E-state index contributed by atoms with van der Waals surface area (Å²) in [5, 5.41) is 5.65. The van der Waals surface area contributed by atoms with Gasteiger partial charge in [0.15, 0.2) is 5.13 Å². The fourth-order valence-electron chi connectivity index (χ4n) is 2.79. The first-order chi connectivity index (χ1) is 14.9. The molecule has 0 saturated carbocycles. The molecule has 6 nitrogen and oxygen atoms in total. The maximum Gasteiger partial charge on any atom is 0.261 e. The molecule has 0 aliphatic rings. The van der Waals surface area contributed by atoms with Gasteiger partial charge in [0.25, 0.3) is 15.9 Å². The molecule has 4 rings (SSSR count). The van der Waals surface area contributed by atoms with Gasteiger partial charge in [-0.2, -0.15) is 0 Å². The quantitative estimate of drug-likeness (QED) is 0.389. The summed E-state index contributed by atoms with van der Waals surface area (Å²) in [4.78, 5) is 17.2. The zero-order valence-corrected chi connectivity index (χ0v) is 18.3. The van der Waals surface area contributed by atoms with Crippen LogP contribution in [-0.2, 0) is 10.0 Å². The van der Waals surface area contributed by atoms with Crippen molar-refractivity contribution in [1.82, 2.24) is 4.98 Å². The van der Waals surface area contributed by atoms with Crippen LogP contribution >= 0.6 is 22.9 Å². The van der Waals surface area contributed by atoms with E-state index in [4.69, 9.17) is 11.6 Å². The number of nitrogens with one attached hydrogen (secondary N) is 2. The van der Waals surface area contributed by atoms with Crippen molar-refractivity contribution in [2.24, 2.45) is 0 Å². The predicted octanol–water partition coefficient (Wildman–Crippen LogP) is 5.52. The molecule has 0 aliphatic heterocycles. The zero-order valence-electron chi connectivity index (χ0n) is 15.9. The van der Waals surface area contributed by atoms with Crippen molar-refractivity contribution in [2.75, 3.05) is 10.0 Å². The van der Waals surface area contributed by atoms with Gasteiger partial charge in [-0.3, -0.25) is 14.8 Å². The van der Waals surface area contributed by atoms with E-state index in [1.807, 2.05) is 17.5 Å². The van der Waals surface area contributed by atoms with Crippen molar-refractivity contribution in [1.29, 1.82) is 0 Å². The lowest BCUT2D eigenvalue weighted by molar-refractivity contribution is 0.102. The number of hydrogen-bond donors (Lipinski definition) is 2. The van der Waals surface area contributed by atoms with Crippen molar-refractivity contribution in [2.45, 2.75) is 4.90 Å². The molecule has 0 spiro atoms. The van der Waals surface area contributed by atoms with Gasteiger partial charge in [0.1, 0.15) is 0 Å². The van der Waals surface area contributed by atoms with Gasteiger partial charge in [-0.15, -0.1) is 11.3 Å². The summed E-state index contributed by atoms with van der Waals surface area (Å²) in [6, 6.07) is 21.5. The second-order valence-electron chi connectivity index (χ2n) is 6.50. The average molecular weight is 470 g/mol. The number of rotatable bonds is 6. The van der Waals surface area contributed by atoms with Gasteiger partial charge in [-0.05, 0) is 42.5 Å². The van der Waals surface area contributed by atoms with E-state index in [0.717, 1.165) is 11.3 Å². The Bertz CT molecular complexity index is 1320. The minimum atomic E-state index is -3.75. The molecule has 9 heteroatoms. The molecule has 3 aromatic carbocycles. The Labute approximate surface area is 188 Å². The predicted molar refractivity (Wildman–Crippen MR) is 124 cm³/mol. The number of benzene rings is 3. The lowest BCUT2D eigenvalue weighted by Crippen LogP contribution is -2.15. The van der Waals surface area contributed by atoms with Crippen molar-refractivity contribution >= 4 is 49.7 Å². The van der Waals surface area contributed by atoms with Crippen LogP contribution in [0.5, 0.6) is 0 Å². The number of thiazole rings is 1. The highest BCUT2D eigenvalue weighted by Gasteiger charge is 2.15. The van der Waals surface area contributed by atoms with Crippen LogP contribution in [0.3, 0.4) is 0 Å². The van der Waals surface area contributed by atoms with Crippen molar-refractivity contribution in [3.8, 4) is 11.3 Å². The van der Waals surface area contributed by atoms with Crippen molar-refractivity contribution < 1.29 is 13.2 Å². The molecule has 0 unspecified atom stereocenters. The van der Waals surface area contributed by atoms with Crippen molar-refractivity contribution in [3.05, 3.63) is 94.8 Å². The summed E-state index contributed by atoms with van der Waals surface area (Å²) < 4.78 is 27.5. The van der Waals surface area contributed by atoms with E-state index in [9.17, 15) is 13.2 Å². The molecule has 0 radical (unpaired) electrons. The van der Waals surface area contributed by atoms with E-state index in [1.54, 1.807) is 48.5 Å². The third kappa shape index (κ3) is 5.11. The highest BCUT2D eigenvalue weighted by Crippen LogP contribution is 2.26. The van der Waals surface area contributed by atoms with Crippen LogP contribution in [0.25, 0.3) is 11.3 Å². The Balaban J connectivity index is 1.48. The van der Waals surface area contributed by atoms with E-state index in [2.05, 4.69) is 15.0 Å². The number of sulfonamides is 1. The molecule has 1 amide bonds. The molecule has 0 saturated heterocycles. The summed E-state index contributed by atoms with van der Waals surface area (Å²) in [7, 11) is -3.75. The first-order valence-corrected chi connectivity index (χ1v) is 11.9. The highest BCUT2D eigenvalue weighted by atomic mass is 35.5. The maximum atomic E-state index is 12.7. The molecule has 4 aromatic rings. The monoisotopic (exact) mass is 469 g/mol. The van der Waals surface area contributed by atoms with E-state index < -0.39 is 15.9 Å².